The summed E-state index contributed by atoms with van der Waals surface area (Å²) in [6, 6.07) is 4.25. The molecule has 0 spiro atoms. The first-order chi connectivity index (χ1) is 22.1. The van der Waals surface area contributed by atoms with E-state index in [0.29, 0.717) is 12.3 Å². The van der Waals surface area contributed by atoms with Gasteiger partial charge in [-0.25, -0.2) is 29.0 Å². The number of fused-ring (bicyclic) bond motifs is 1. The molecule has 17 heteroatoms. The number of benzene rings is 1. The van der Waals surface area contributed by atoms with Crippen molar-refractivity contribution in [2.75, 3.05) is 49.6 Å². The molecule has 0 radical (unpaired) electrons. The van der Waals surface area contributed by atoms with Crippen LogP contribution in [0.1, 0.15) is 31.1 Å². The monoisotopic (exact) mass is 697 g/mol. The van der Waals surface area contributed by atoms with Gasteiger partial charge in [0.05, 0.1) is 41.9 Å². The first-order valence-electron chi connectivity index (χ1n) is 14.4. The first kappa shape index (κ1) is 35.7. The normalized spacial score (nSPS) is 12.3. The van der Waals surface area contributed by atoms with Gasteiger partial charge >= 0.3 is 12.7 Å². The number of anilines is 1. The van der Waals surface area contributed by atoms with Gasteiger partial charge < -0.3 is 29.6 Å². The highest BCUT2D eigenvalue weighted by Gasteiger charge is 2.25. The molecule has 4 rings (SSSR count). The van der Waals surface area contributed by atoms with Crippen LogP contribution in [0.4, 0.5) is 19.3 Å². The number of alkyl carbamates (subject to hydrolysis) is 1. The molecule has 0 aliphatic heterocycles. The van der Waals surface area contributed by atoms with Crippen molar-refractivity contribution in [3.05, 3.63) is 53.6 Å². The van der Waals surface area contributed by atoms with Crippen molar-refractivity contribution in [2.24, 2.45) is 0 Å². The number of nitrogens with zero attached hydrogens (tertiary/aromatic N) is 5. The lowest BCUT2D eigenvalue weighted by molar-refractivity contribution is -0.0495. The quantitative estimate of drug-likeness (QED) is 0.159. The zero-order chi connectivity index (χ0) is 34.4. The van der Waals surface area contributed by atoms with Crippen LogP contribution in [0, 0.1) is 0 Å². The third kappa shape index (κ3) is 10.2. The van der Waals surface area contributed by atoms with Gasteiger partial charge in [0.2, 0.25) is 0 Å². The van der Waals surface area contributed by atoms with Crippen molar-refractivity contribution in [3.63, 3.8) is 0 Å². The number of ether oxygens (including phenoxy) is 4. The number of amides is 2. The predicted octanol–water partition coefficient (Wildman–Crippen LogP) is 5.67. The minimum absolute atomic E-state index is 0.0276. The Morgan fingerprint density at radius 1 is 1.09 bits per heavy atom. The summed E-state index contributed by atoms with van der Waals surface area (Å²) in [5, 5.41) is 13.9. The van der Waals surface area contributed by atoms with Gasteiger partial charge in [-0.3, -0.25) is 4.79 Å². The molecule has 0 aliphatic rings. The molecular formula is C30H38ClF2N7O6S. The number of carbonyl (C=O) groups is 2. The van der Waals surface area contributed by atoms with Crippen molar-refractivity contribution >= 4 is 45.0 Å². The molecule has 13 nitrogen and oxygen atoms in total. The predicted molar refractivity (Wildman–Crippen MR) is 176 cm³/mol. The average molecular weight is 698 g/mol. The molecule has 3 heterocycles. The van der Waals surface area contributed by atoms with E-state index >= 15 is 0 Å². The van der Waals surface area contributed by atoms with Crippen molar-refractivity contribution in [3.8, 4) is 22.8 Å². The van der Waals surface area contributed by atoms with E-state index < -0.39 is 34.2 Å². The van der Waals surface area contributed by atoms with Gasteiger partial charge in [0.1, 0.15) is 36.0 Å². The Hall–Kier alpha value is -4.15. The summed E-state index contributed by atoms with van der Waals surface area (Å²) in [7, 11) is -0.845. The van der Waals surface area contributed by atoms with Crippen LogP contribution >= 0.6 is 21.6 Å². The van der Waals surface area contributed by atoms with E-state index in [1.54, 1.807) is 33.0 Å². The Bertz CT molecular complexity index is 1700. The summed E-state index contributed by atoms with van der Waals surface area (Å²) in [6.45, 7) is 2.41. The highest BCUT2D eigenvalue weighted by atomic mass is 35.5. The Labute approximate surface area is 277 Å². The number of carbonyl (C=O) groups excluding carboxylic acids is 2. The number of hydrogen-bond acceptors (Lipinski definition) is 9. The highest BCUT2D eigenvalue weighted by Crippen LogP contribution is 2.42. The number of aromatic nitrogens is 5. The van der Waals surface area contributed by atoms with Crippen molar-refractivity contribution < 1.29 is 37.3 Å². The Morgan fingerprint density at radius 3 is 2.55 bits per heavy atom. The van der Waals surface area contributed by atoms with Crippen LogP contribution in [0.2, 0.25) is 5.02 Å². The summed E-state index contributed by atoms with van der Waals surface area (Å²) in [4.78, 5) is 29.7. The highest BCUT2D eigenvalue weighted by molar-refractivity contribution is 8.32. The molecule has 2 amide bonds. The number of rotatable bonds is 14. The van der Waals surface area contributed by atoms with Crippen LogP contribution in [0.15, 0.2) is 43.0 Å². The van der Waals surface area contributed by atoms with Gasteiger partial charge in [-0.15, -0.1) is 0 Å². The number of nitrogens with one attached hydrogen (secondary N) is 2. The van der Waals surface area contributed by atoms with Crippen LogP contribution in [0.3, 0.4) is 0 Å². The molecule has 4 aromatic rings. The SMILES string of the molecule is CC(C)(C)OC(=O)NCCOc1cc(-c2c(NC(=O)c3cnn4cccnc34)cnn2COCCS(C)(C)C)c(OC(F)F)cc1Cl. The van der Waals surface area contributed by atoms with E-state index in [1.807, 2.05) is 0 Å². The van der Waals surface area contributed by atoms with Gasteiger partial charge in [-0.2, -0.15) is 19.0 Å². The van der Waals surface area contributed by atoms with Crippen LogP contribution in [-0.4, -0.2) is 92.9 Å². The van der Waals surface area contributed by atoms with Crippen LogP contribution in [0.5, 0.6) is 11.5 Å². The summed E-state index contributed by atoms with van der Waals surface area (Å²) < 4.78 is 51.9. The smallest absolute Gasteiger partial charge is 0.407 e. The van der Waals surface area contributed by atoms with E-state index in [9.17, 15) is 18.4 Å². The van der Waals surface area contributed by atoms with E-state index in [2.05, 4.69) is 44.6 Å². The summed E-state index contributed by atoms with van der Waals surface area (Å²) in [5.41, 5.74) is 0.246. The maximum atomic E-state index is 13.6. The fourth-order valence-electron chi connectivity index (χ4n) is 4.15. The maximum absolute atomic E-state index is 13.6. The standard InChI is InChI=1S/C30H38ClF2N7O6S/c1-30(2,3)46-29(42)35-9-11-44-24-14-19(23(15-21(24)31)45-28(32)33)25-22(17-37-40(25)18-43-12-13-47(4,5)6)38-27(41)20-16-36-39-10-7-8-34-26(20)39/h7-8,10,14-17,28H,9,11-13,18H2,1-6H3,(H,35,42)(H,38,41). The zero-order valence-electron chi connectivity index (χ0n) is 26.9. The molecule has 47 heavy (non-hydrogen) atoms. The van der Waals surface area contributed by atoms with Crippen molar-refractivity contribution in [2.45, 2.75) is 39.7 Å². The minimum atomic E-state index is -3.19. The lowest BCUT2D eigenvalue weighted by Gasteiger charge is -2.24. The molecular weight excluding hydrogens is 660 g/mol. The summed E-state index contributed by atoms with van der Waals surface area (Å²) in [5.74, 6) is 0.0682. The number of alkyl halides is 2. The van der Waals surface area contributed by atoms with Crippen LogP contribution < -0.4 is 20.1 Å². The topological polar surface area (TPSA) is 143 Å². The fourth-order valence-corrected chi connectivity index (χ4v) is 4.97. The van der Waals surface area contributed by atoms with Gasteiger partial charge in [-0.05, 0) is 51.7 Å². The lowest BCUT2D eigenvalue weighted by atomic mass is 10.1. The maximum Gasteiger partial charge on any atom is 0.407 e. The van der Waals surface area contributed by atoms with Gasteiger partial charge in [0.15, 0.2) is 5.65 Å². The second kappa shape index (κ2) is 15.2. The second-order valence-corrected chi connectivity index (χ2v) is 17.1. The molecule has 0 saturated carbocycles. The third-order valence-electron chi connectivity index (χ3n) is 6.20. The second-order valence-electron chi connectivity index (χ2n) is 12.1. The van der Waals surface area contributed by atoms with E-state index in [0.717, 1.165) is 5.75 Å². The molecule has 256 valence electrons. The molecule has 0 atom stereocenters. The van der Waals surface area contributed by atoms with Gasteiger partial charge in [0.25, 0.3) is 5.91 Å². The zero-order valence-corrected chi connectivity index (χ0v) is 28.5. The molecule has 0 bridgehead atoms. The Balaban J connectivity index is 1.67. The van der Waals surface area contributed by atoms with Crippen LogP contribution in [-0.2, 0) is 16.2 Å². The fraction of sp³-hybridized carbons (Fsp3) is 0.433. The minimum Gasteiger partial charge on any atom is -0.490 e. The molecule has 0 saturated heterocycles. The average Bonchev–Trinajstić information content (AvgIpc) is 3.57. The van der Waals surface area contributed by atoms with E-state index in [1.165, 1.54) is 39.9 Å². The largest absolute Gasteiger partial charge is 0.490 e. The first-order valence-corrected chi connectivity index (χ1v) is 17.8. The van der Waals surface area contributed by atoms with Crippen molar-refractivity contribution in [1.29, 1.82) is 0 Å². The molecule has 0 fully saturated rings. The summed E-state index contributed by atoms with van der Waals surface area (Å²) >= 11 is 6.41. The molecule has 2 N–H and O–H groups in total. The summed E-state index contributed by atoms with van der Waals surface area (Å²) in [6.07, 6.45) is 11.8. The van der Waals surface area contributed by atoms with E-state index in [-0.39, 0.29) is 58.9 Å². The van der Waals surface area contributed by atoms with Crippen LogP contribution in [0.25, 0.3) is 16.9 Å². The lowest BCUT2D eigenvalue weighted by Crippen LogP contribution is -2.34. The Kier molecular flexibility index (Phi) is 11.5. The molecule has 0 unspecified atom stereocenters. The molecule has 1 aromatic carbocycles. The van der Waals surface area contributed by atoms with Crippen molar-refractivity contribution in [1.82, 2.24) is 29.7 Å². The Morgan fingerprint density at radius 2 is 1.85 bits per heavy atom. The van der Waals surface area contributed by atoms with Gasteiger partial charge in [-0.1, -0.05) is 11.6 Å². The number of halogens is 3. The van der Waals surface area contributed by atoms with Gasteiger partial charge in [0, 0.05) is 29.8 Å². The number of hydrogen-bond donors (Lipinski definition) is 2. The molecule has 0 aliphatic carbocycles. The van der Waals surface area contributed by atoms with E-state index in [4.69, 9.17) is 30.5 Å². The third-order valence-corrected chi connectivity index (χ3v) is 7.89. The molecule has 3 aromatic heterocycles.